The first-order valence-electron chi connectivity index (χ1n) is 6.42. The van der Waals surface area contributed by atoms with E-state index in [4.69, 9.17) is 0 Å². The molecule has 0 N–H and O–H groups in total. The molecule has 3 aromatic rings. The zero-order valence-electron chi connectivity index (χ0n) is 10.8. The molecule has 3 heteroatoms. The Hall–Kier alpha value is -2.68. The fraction of sp³-hybridized carbons (Fsp3) is 0.0588. The van der Waals surface area contributed by atoms with Crippen molar-refractivity contribution in [2.24, 2.45) is 0 Å². The van der Waals surface area contributed by atoms with E-state index < -0.39 is 0 Å². The Bertz CT molecular complexity index is 867. The maximum Gasteiger partial charge on any atom is 0.261 e. The lowest BCUT2D eigenvalue weighted by Crippen LogP contribution is -2.30. The van der Waals surface area contributed by atoms with Gasteiger partial charge in [0.05, 0.1) is 6.54 Å². The topological polar surface area (TPSA) is 39.1 Å². The van der Waals surface area contributed by atoms with Crippen molar-refractivity contribution >= 4 is 10.8 Å². The number of benzene rings is 2. The van der Waals surface area contributed by atoms with Crippen molar-refractivity contribution in [1.82, 2.24) is 4.57 Å². The van der Waals surface area contributed by atoms with Gasteiger partial charge in [0.1, 0.15) is 0 Å². The van der Waals surface area contributed by atoms with E-state index in [2.05, 4.69) is 0 Å². The Morgan fingerprint density at radius 1 is 0.750 bits per heavy atom. The normalized spacial score (nSPS) is 10.6. The summed E-state index contributed by atoms with van der Waals surface area (Å²) in [6, 6.07) is 19.9. The number of rotatable bonds is 2. The molecule has 1 heterocycles. The van der Waals surface area contributed by atoms with E-state index >= 15 is 0 Å². The van der Waals surface area contributed by atoms with E-state index in [1.54, 1.807) is 18.2 Å². The lowest BCUT2D eigenvalue weighted by atomic mass is 10.2. The summed E-state index contributed by atoms with van der Waals surface area (Å²) in [7, 11) is 0. The fourth-order valence-electron chi connectivity index (χ4n) is 2.25. The molecule has 0 fully saturated rings. The van der Waals surface area contributed by atoms with Crippen molar-refractivity contribution in [2.45, 2.75) is 6.54 Å². The van der Waals surface area contributed by atoms with Crippen LogP contribution in [-0.2, 0) is 6.54 Å². The number of hydrogen-bond acceptors (Lipinski definition) is 2. The highest BCUT2D eigenvalue weighted by Crippen LogP contribution is 2.06. The van der Waals surface area contributed by atoms with Crippen LogP contribution >= 0.6 is 0 Å². The average Bonchev–Trinajstić information content (AvgIpc) is 2.61. The Kier molecular flexibility index (Phi) is 3.17. The minimum absolute atomic E-state index is 0.251. The van der Waals surface area contributed by atoms with Crippen LogP contribution in [0.4, 0.5) is 0 Å². The predicted octanol–water partition coefficient (Wildman–Crippen LogP) is 2.41. The molecule has 0 amide bonds. The van der Waals surface area contributed by atoms with Crippen LogP contribution in [-0.4, -0.2) is 4.57 Å². The second kappa shape index (κ2) is 5.13. The molecule has 0 aliphatic carbocycles. The Balaban J connectivity index is 2.26. The van der Waals surface area contributed by atoms with Crippen LogP contribution in [0.3, 0.4) is 0 Å². The molecule has 0 spiro atoms. The van der Waals surface area contributed by atoms with E-state index in [0.29, 0.717) is 5.39 Å². The molecule has 0 saturated carbocycles. The molecule has 2 aromatic carbocycles. The van der Waals surface area contributed by atoms with E-state index in [9.17, 15) is 9.59 Å². The summed E-state index contributed by atoms with van der Waals surface area (Å²) in [5, 5.41) is 1.34. The highest BCUT2D eigenvalue weighted by molar-refractivity contribution is 5.80. The first kappa shape index (κ1) is 12.4. The van der Waals surface area contributed by atoms with Crippen LogP contribution in [0.15, 0.2) is 76.3 Å². The quantitative estimate of drug-likeness (QED) is 0.712. The molecule has 1 aromatic heterocycles. The number of aromatic nitrogens is 1. The number of fused-ring (bicyclic) bond motifs is 1. The van der Waals surface area contributed by atoms with Crippen LogP contribution in [0.2, 0.25) is 0 Å². The molecule has 20 heavy (non-hydrogen) atoms. The van der Waals surface area contributed by atoms with Gasteiger partial charge in [-0.25, -0.2) is 0 Å². The van der Waals surface area contributed by atoms with Crippen LogP contribution in [0.25, 0.3) is 10.8 Å². The van der Waals surface area contributed by atoms with Crippen LogP contribution in [0.1, 0.15) is 5.56 Å². The van der Waals surface area contributed by atoms with Gasteiger partial charge in [-0.1, -0.05) is 48.5 Å². The Labute approximate surface area is 115 Å². The molecule has 0 bridgehead atoms. The smallest absolute Gasteiger partial charge is 0.261 e. The molecule has 3 rings (SSSR count). The van der Waals surface area contributed by atoms with Gasteiger partial charge in [0.2, 0.25) is 0 Å². The average molecular weight is 263 g/mol. The van der Waals surface area contributed by atoms with E-state index in [1.165, 1.54) is 10.6 Å². The van der Waals surface area contributed by atoms with Gasteiger partial charge in [-0.05, 0) is 23.1 Å². The maximum atomic E-state index is 12.5. The lowest BCUT2D eigenvalue weighted by molar-refractivity contribution is 0.741. The molecule has 0 atom stereocenters. The second-order valence-electron chi connectivity index (χ2n) is 4.64. The molecule has 0 aliphatic heterocycles. The van der Waals surface area contributed by atoms with Gasteiger partial charge in [0.15, 0.2) is 0 Å². The first-order chi connectivity index (χ1) is 9.75. The minimum Gasteiger partial charge on any atom is -0.270 e. The van der Waals surface area contributed by atoms with Gasteiger partial charge in [-0.15, -0.1) is 0 Å². The van der Waals surface area contributed by atoms with Crippen LogP contribution in [0, 0.1) is 0 Å². The highest BCUT2D eigenvalue weighted by atomic mass is 16.2. The standard InChI is InChI=1S/C17H13NO2/c19-16-11-10-14-8-4-5-9-15(14)17(20)18(16)12-13-6-2-1-3-7-13/h1-11H,12H2. The maximum absolute atomic E-state index is 12.5. The van der Waals surface area contributed by atoms with E-state index in [1.807, 2.05) is 42.5 Å². The molecular weight excluding hydrogens is 250 g/mol. The highest BCUT2D eigenvalue weighted by Gasteiger charge is 2.04. The predicted molar refractivity (Wildman–Crippen MR) is 80.0 cm³/mol. The summed E-state index contributed by atoms with van der Waals surface area (Å²) < 4.78 is 1.28. The summed E-state index contributed by atoms with van der Waals surface area (Å²) in [4.78, 5) is 24.6. The number of nitrogens with zero attached hydrogens (tertiary/aromatic N) is 1. The van der Waals surface area contributed by atoms with Crippen molar-refractivity contribution in [3.05, 3.63) is 93.0 Å². The van der Waals surface area contributed by atoms with Crippen LogP contribution in [0.5, 0.6) is 0 Å². The second-order valence-corrected chi connectivity index (χ2v) is 4.64. The molecule has 3 nitrogen and oxygen atoms in total. The van der Waals surface area contributed by atoms with Gasteiger partial charge in [0, 0.05) is 11.5 Å². The minimum atomic E-state index is -0.282. The SMILES string of the molecule is O=c1ccc2ccccc2c(=O)n1Cc1ccccc1. The first-order valence-corrected chi connectivity index (χ1v) is 6.42. The van der Waals surface area contributed by atoms with E-state index in [-0.39, 0.29) is 17.7 Å². The Morgan fingerprint density at radius 3 is 2.25 bits per heavy atom. The van der Waals surface area contributed by atoms with Crippen molar-refractivity contribution in [2.75, 3.05) is 0 Å². The summed E-state index contributed by atoms with van der Waals surface area (Å²) in [6.07, 6.45) is 0. The third kappa shape index (κ3) is 2.26. The molecule has 0 unspecified atom stereocenters. The molecule has 0 radical (unpaired) electrons. The van der Waals surface area contributed by atoms with Gasteiger partial charge >= 0.3 is 0 Å². The Morgan fingerprint density at radius 2 is 1.45 bits per heavy atom. The van der Waals surface area contributed by atoms with Crippen molar-refractivity contribution in [3.8, 4) is 0 Å². The largest absolute Gasteiger partial charge is 0.270 e. The zero-order valence-corrected chi connectivity index (χ0v) is 10.8. The molecule has 98 valence electrons. The molecule has 0 aliphatic rings. The summed E-state index contributed by atoms with van der Waals surface area (Å²) >= 11 is 0. The van der Waals surface area contributed by atoms with Gasteiger partial charge in [-0.3, -0.25) is 14.2 Å². The van der Waals surface area contributed by atoms with Crippen molar-refractivity contribution < 1.29 is 0 Å². The summed E-state index contributed by atoms with van der Waals surface area (Å²) in [5.41, 5.74) is 0.400. The third-order valence-corrected chi connectivity index (χ3v) is 3.29. The third-order valence-electron chi connectivity index (χ3n) is 3.29. The molecular formula is C17H13NO2. The van der Waals surface area contributed by atoms with Gasteiger partial charge < -0.3 is 0 Å². The lowest BCUT2D eigenvalue weighted by Gasteiger charge is -2.02. The van der Waals surface area contributed by atoms with E-state index in [0.717, 1.165) is 10.9 Å². The van der Waals surface area contributed by atoms with Gasteiger partial charge in [0.25, 0.3) is 11.1 Å². The zero-order chi connectivity index (χ0) is 13.9. The van der Waals surface area contributed by atoms with Crippen molar-refractivity contribution in [1.29, 1.82) is 0 Å². The monoisotopic (exact) mass is 263 g/mol. The molecule has 0 saturated heterocycles. The number of hydrogen-bond donors (Lipinski definition) is 0. The summed E-state index contributed by atoms with van der Waals surface area (Å²) in [5.74, 6) is 0. The van der Waals surface area contributed by atoms with Crippen LogP contribution < -0.4 is 11.1 Å². The fourth-order valence-corrected chi connectivity index (χ4v) is 2.25. The summed E-state index contributed by atoms with van der Waals surface area (Å²) in [6.45, 7) is 0.289. The van der Waals surface area contributed by atoms with Gasteiger partial charge in [-0.2, -0.15) is 0 Å². The van der Waals surface area contributed by atoms with Crippen molar-refractivity contribution in [3.63, 3.8) is 0 Å².